The maximum Gasteiger partial charge on any atom is 0.120 e. The lowest BCUT2D eigenvalue weighted by molar-refractivity contribution is 0.0700. The summed E-state index contributed by atoms with van der Waals surface area (Å²) in [5, 5.41) is 10.2. The Kier molecular flexibility index (Phi) is 5.47. The average Bonchev–Trinajstić information content (AvgIpc) is 2.45. The van der Waals surface area contributed by atoms with Crippen molar-refractivity contribution in [3.63, 3.8) is 0 Å². The molecule has 1 aromatic carbocycles. The van der Waals surface area contributed by atoms with Gasteiger partial charge in [-0.15, -0.1) is 0 Å². The molecule has 0 saturated carbocycles. The molecule has 1 fully saturated rings. The summed E-state index contributed by atoms with van der Waals surface area (Å²) in [5.74, 6) is 0.969. The van der Waals surface area contributed by atoms with Crippen molar-refractivity contribution in [3.8, 4) is 5.75 Å². The van der Waals surface area contributed by atoms with E-state index in [1.165, 1.54) is 12.8 Å². The third kappa shape index (κ3) is 3.35. The molecule has 1 saturated heterocycles. The number of phenols is 1. The Labute approximate surface area is 130 Å². The lowest BCUT2D eigenvalue weighted by atomic mass is 9.89. The van der Waals surface area contributed by atoms with E-state index in [0.29, 0.717) is 17.7 Å². The summed E-state index contributed by atoms with van der Waals surface area (Å²) in [6.45, 7) is 6.25. The van der Waals surface area contributed by atoms with Gasteiger partial charge in [-0.3, -0.25) is 4.90 Å². The van der Waals surface area contributed by atoms with E-state index in [0.717, 1.165) is 29.5 Å². The molecule has 20 heavy (non-hydrogen) atoms. The van der Waals surface area contributed by atoms with Crippen LogP contribution in [0.2, 0.25) is 0 Å². The normalized spacial score (nSPS) is 25.6. The van der Waals surface area contributed by atoms with Crippen molar-refractivity contribution in [1.82, 2.24) is 4.90 Å². The van der Waals surface area contributed by atoms with E-state index in [4.69, 9.17) is 5.73 Å². The molecule has 3 N–H and O–H groups in total. The molecule has 1 aliphatic heterocycles. The summed E-state index contributed by atoms with van der Waals surface area (Å²) in [5.41, 5.74) is 6.88. The maximum atomic E-state index is 10.2. The number of nitrogens with two attached hydrogens (primary N) is 1. The molecule has 3 nitrogen and oxygen atoms in total. The number of nitrogens with zero attached hydrogens (tertiary/aromatic N) is 1. The first-order chi connectivity index (χ1) is 9.56. The van der Waals surface area contributed by atoms with Gasteiger partial charge in [-0.25, -0.2) is 0 Å². The predicted octanol–water partition coefficient (Wildman–Crippen LogP) is 3.67. The van der Waals surface area contributed by atoms with Crippen molar-refractivity contribution < 1.29 is 5.11 Å². The summed E-state index contributed by atoms with van der Waals surface area (Å²) < 4.78 is 1.02. The quantitative estimate of drug-likeness (QED) is 0.879. The number of aromatic hydroxyl groups is 1. The highest BCUT2D eigenvalue weighted by atomic mass is 79.9. The third-order valence-electron chi connectivity index (χ3n) is 4.50. The molecule has 112 valence electrons. The molecule has 4 heteroatoms. The lowest BCUT2D eigenvalue weighted by Crippen LogP contribution is -2.45. The molecular formula is C16H25BrN2O. The van der Waals surface area contributed by atoms with Gasteiger partial charge in [0, 0.05) is 28.7 Å². The highest BCUT2D eigenvalue weighted by molar-refractivity contribution is 9.10. The van der Waals surface area contributed by atoms with Gasteiger partial charge in [0.15, 0.2) is 0 Å². The fourth-order valence-electron chi connectivity index (χ4n) is 3.26. The van der Waals surface area contributed by atoms with Gasteiger partial charge in [-0.05, 0) is 56.8 Å². The SMILES string of the molecule is CCC(c1cc(Br)ccc1O)N1CC(CN)CCC1C. The maximum absolute atomic E-state index is 10.2. The van der Waals surface area contributed by atoms with E-state index in [1.54, 1.807) is 6.07 Å². The summed E-state index contributed by atoms with van der Waals surface area (Å²) in [6, 6.07) is 6.51. The van der Waals surface area contributed by atoms with Crippen molar-refractivity contribution in [1.29, 1.82) is 0 Å². The van der Waals surface area contributed by atoms with Crippen LogP contribution in [0.15, 0.2) is 22.7 Å². The van der Waals surface area contributed by atoms with Gasteiger partial charge >= 0.3 is 0 Å². The fourth-order valence-corrected chi connectivity index (χ4v) is 3.64. The number of piperidine rings is 1. The smallest absolute Gasteiger partial charge is 0.120 e. The van der Waals surface area contributed by atoms with Crippen molar-refractivity contribution in [2.75, 3.05) is 13.1 Å². The minimum atomic E-state index is 0.261. The zero-order valence-electron chi connectivity index (χ0n) is 12.3. The largest absolute Gasteiger partial charge is 0.508 e. The number of likely N-dealkylation sites (tertiary alicyclic amines) is 1. The molecular weight excluding hydrogens is 316 g/mol. The van der Waals surface area contributed by atoms with Gasteiger partial charge in [0.25, 0.3) is 0 Å². The number of rotatable bonds is 4. The van der Waals surface area contributed by atoms with Crippen LogP contribution in [0.1, 0.15) is 44.7 Å². The predicted molar refractivity (Wildman–Crippen MR) is 86.8 cm³/mol. The first-order valence-corrected chi connectivity index (χ1v) is 8.30. The van der Waals surface area contributed by atoms with Crippen LogP contribution in [0.5, 0.6) is 5.75 Å². The van der Waals surface area contributed by atoms with Crippen LogP contribution < -0.4 is 5.73 Å². The molecule has 2 rings (SSSR count). The molecule has 3 unspecified atom stereocenters. The van der Waals surface area contributed by atoms with E-state index in [2.05, 4.69) is 34.7 Å². The lowest BCUT2D eigenvalue weighted by Gasteiger charge is -2.42. The van der Waals surface area contributed by atoms with Crippen LogP contribution in [0, 0.1) is 5.92 Å². The zero-order chi connectivity index (χ0) is 14.7. The number of phenolic OH excluding ortho intramolecular Hbond substituents is 1. The molecule has 1 heterocycles. The van der Waals surface area contributed by atoms with Crippen molar-refractivity contribution in [2.24, 2.45) is 11.7 Å². The summed E-state index contributed by atoms with van der Waals surface area (Å²) in [6.07, 6.45) is 3.40. The molecule has 1 aromatic rings. The van der Waals surface area contributed by atoms with Gasteiger partial charge in [0.1, 0.15) is 5.75 Å². The fraction of sp³-hybridized carbons (Fsp3) is 0.625. The van der Waals surface area contributed by atoms with Crippen LogP contribution in [0.25, 0.3) is 0 Å². The van der Waals surface area contributed by atoms with Gasteiger partial charge in [-0.1, -0.05) is 22.9 Å². The Balaban J connectivity index is 2.28. The number of halogens is 1. The molecule has 3 atom stereocenters. The second kappa shape index (κ2) is 6.92. The molecule has 0 amide bonds. The molecule has 1 aliphatic rings. The van der Waals surface area contributed by atoms with Crippen LogP contribution >= 0.6 is 15.9 Å². The van der Waals surface area contributed by atoms with E-state index in [-0.39, 0.29) is 6.04 Å². The third-order valence-corrected chi connectivity index (χ3v) is 4.99. The highest BCUT2D eigenvalue weighted by Crippen LogP contribution is 2.37. The Morgan fingerprint density at radius 3 is 2.85 bits per heavy atom. The van der Waals surface area contributed by atoms with Crippen molar-refractivity contribution in [2.45, 2.75) is 45.2 Å². The first-order valence-electron chi connectivity index (χ1n) is 7.51. The van der Waals surface area contributed by atoms with Crippen LogP contribution in [0.4, 0.5) is 0 Å². The Hall–Kier alpha value is -0.580. The molecule has 0 aromatic heterocycles. The topological polar surface area (TPSA) is 49.5 Å². The Morgan fingerprint density at radius 1 is 1.45 bits per heavy atom. The molecule has 0 radical (unpaired) electrons. The van der Waals surface area contributed by atoms with Crippen molar-refractivity contribution >= 4 is 15.9 Å². The van der Waals surface area contributed by atoms with Gasteiger partial charge < -0.3 is 10.8 Å². The monoisotopic (exact) mass is 340 g/mol. The van der Waals surface area contributed by atoms with Crippen LogP contribution in [-0.2, 0) is 0 Å². The van der Waals surface area contributed by atoms with E-state index in [9.17, 15) is 5.11 Å². The van der Waals surface area contributed by atoms with E-state index >= 15 is 0 Å². The first kappa shape index (κ1) is 15.8. The average molecular weight is 341 g/mol. The van der Waals surface area contributed by atoms with E-state index < -0.39 is 0 Å². The second-order valence-corrected chi connectivity index (χ2v) is 6.77. The molecule has 0 aliphatic carbocycles. The number of benzene rings is 1. The number of hydrogen-bond acceptors (Lipinski definition) is 3. The highest BCUT2D eigenvalue weighted by Gasteiger charge is 2.31. The molecule has 0 spiro atoms. The van der Waals surface area contributed by atoms with Crippen molar-refractivity contribution in [3.05, 3.63) is 28.2 Å². The second-order valence-electron chi connectivity index (χ2n) is 5.85. The molecule has 0 bridgehead atoms. The van der Waals surface area contributed by atoms with Crippen LogP contribution in [0.3, 0.4) is 0 Å². The summed E-state index contributed by atoms with van der Waals surface area (Å²) in [4.78, 5) is 2.52. The van der Waals surface area contributed by atoms with Crippen LogP contribution in [-0.4, -0.2) is 29.1 Å². The minimum absolute atomic E-state index is 0.261. The standard InChI is InChI=1S/C16H25BrN2O/c1-3-15(14-8-13(17)6-7-16(14)20)19-10-12(9-18)5-4-11(19)2/h6-8,11-12,15,20H,3-5,9-10,18H2,1-2H3. The van der Waals surface area contributed by atoms with Gasteiger partial charge in [0.05, 0.1) is 0 Å². The van der Waals surface area contributed by atoms with Gasteiger partial charge in [0.2, 0.25) is 0 Å². The Morgan fingerprint density at radius 2 is 2.20 bits per heavy atom. The Bertz CT molecular complexity index is 452. The minimum Gasteiger partial charge on any atom is -0.508 e. The zero-order valence-corrected chi connectivity index (χ0v) is 13.9. The van der Waals surface area contributed by atoms with Gasteiger partial charge in [-0.2, -0.15) is 0 Å². The number of hydrogen-bond donors (Lipinski definition) is 2. The summed E-state index contributed by atoms with van der Waals surface area (Å²) in [7, 11) is 0. The summed E-state index contributed by atoms with van der Waals surface area (Å²) >= 11 is 3.51. The van der Waals surface area contributed by atoms with E-state index in [1.807, 2.05) is 12.1 Å².